The highest BCUT2D eigenvalue weighted by molar-refractivity contribution is 9.10. The fraction of sp³-hybridized carbons (Fsp3) is 0.316. The van der Waals surface area contributed by atoms with E-state index in [2.05, 4.69) is 59.4 Å². The van der Waals surface area contributed by atoms with E-state index >= 15 is 0 Å². The number of ether oxygens (including phenoxy) is 1. The zero-order valence-electron chi connectivity index (χ0n) is 13.7. The topological polar surface area (TPSA) is 38.3 Å². The first-order valence-electron chi connectivity index (χ1n) is 7.78. The van der Waals surface area contributed by atoms with Gasteiger partial charge in [0, 0.05) is 4.47 Å². The molecule has 0 heterocycles. The maximum Gasteiger partial charge on any atom is 0.261 e. The lowest BCUT2D eigenvalue weighted by molar-refractivity contribution is -0.128. The molecule has 0 aliphatic heterocycles. The average Bonchev–Trinajstić information content (AvgIpc) is 2.55. The van der Waals surface area contributed by atoms with E-state index in [-0.39, 0.29) is 11.9 Å². The maximum absolute atomic E-state index is 12.4. The van der Waals surface area contributed by atoms with E-state index in [0.29, 0.717) is 5.75 Å². The molecule has 1 N–H and O–H groups in total. The van der Waals surface area contributed by atoms with Gasteiger partial charge in [0.25, 0.3) is 5.91 Å². The van der Waals surface area contributed by atoms with E-state index in [9.17, 15) is 4.79 Å². The molecule has 2 atom stereocenters. The summed E-state index contributed by atoms with van der Waals surface area (Å²) in [6, 6.07) is 15.7. The van der Waals surface area contributed by atoms with Gasteiger partial charge in [-0.25, -0.2) is 0 Å². The smallest absolute Gasteiger partial charge is 0.261 e. The molecule has 0 saturated carbocycles. The Bertz CT molecular complexity index is 637. The molecule has 2 rings (SSSR count). The zero-order valence-corrected chi connectivity index (χ0v) is 15.3. The predicted octanol–water partition coefficient (Wildman–Crippen LogP) is 4.79. The normalized spacial score (nSPS) is 13.2. The standard InChI is InChI=1S/C19H22BrNO2/c1-4-18(15-7-5-13(2)6-8-15)21-19(22)14(3)23-17-11-9-16(20)10-12-17/h5-12,14,18H,4H2,1-3H3,(H,21,22). The number of rotatable bonds is 6. The molecular formula is C19H22BrNO2. The Hall–Kier alpha value is -1.81. The van der Waals surface area contributed by atoms with Gasteiger partial charge in [0.05, 0.1) is 6.04 Å². The predicted molar refractivity (Wildman–Crippen MR) is 96.6 cm³/mol. The molecule has 3 nitrogen and oxygen atoms in total. The van der Waals surface area contributed by atoms with Gasteiger partial charge in [0.2, 0.25) is 0 Å². The molecule has 122 valence electrons. The summed E-state index contributed by atoms with van der Waals surface area (Å²) < 4.78 is 6.68. The van der Waals surface area contributed by atoms with Gasteiger partial charge in [-0.3, -0.25) is 4.79 Å². The maximum atomic E-state index is 12.4. The molecule has 0 radical (unpaired) electrons. The molecule has 0 aromatic heterocycles. The lowest BCUT2D eigenvalue weighted by atomic mass is 10.0. The van der Waals surface area contributed by atoms with Crippen molar-refractivity contribution in [2.75, 3.05) is 0 Å². The van der Waals surface area contributed by atoms with Crippen LogP contribution in [0, 0.1) is 6.92 Å². The fourth-order valence-electron chi connectivity index (χ4n) is 2.28. The van der Waals surface area contributed by atoms with Crippen molar-refractivity contribution in [1.82, 2.24) is 5.32 Å². The summed E-state index contributed by atoms with van der Waals surface area (Å²) >= 11 is 3.38. The first-order chi connectivity index (χ1) is 11.0. The van der Waals surface area contributed by atoms with Crippen LogP contribution in [0.5, 0.6) is 5.75 Å². The third kappa shape index (κ3) is 5.10. The molecule has 0 aliphatic carbocycles. The number of amides is 1. The minimum Gasteiger partial charge on any atom is -0.481 e. The number of halogens is 1. The van der Waals surface area contributed by atoms with Crippen LogP contribution < -0.4 is 10.1 Å². The molecule has 2 aromatic carbocycles. The van der Waals surface area contributed by atoms with E-state index in [4.69, 9.17) is 4.74 Å². The SMILES string of the molecule is CCC(NC(=O)C(C)Oc1ccc(Br)cc1)c1ccc(C)cc1. The molecule has 2 aromatic rings. The quantitative estimate of drug-likeness (QED) is 0.787. The van der Waals surface area contributed by atoms with Crippen molar-refractivity contribution >= 4 is 21.8 Å². The second kappa shape index (κ2) is 8.16. The number of aryl methyl sites for hydroxylation is 1. The van der Waals surface area contributed by atoms with E-state index in [1.807, 2.05) is 24.3 Å². The third-order valence-electron chi connectivity index (χ3n) is 3.70. The summed E-state index contributed by atoms with van der Waals surface area (Å²) in [7, 11) is 0. The first kappa shape index (κ1) is 17.5. The van der Waals surface area contributed by atoms with Gasteiger partial charge in [-0.2, -0.15) is 0 Å². The summed E-state index contributed by atoms with van der Waals surface area (Å²) in [4.78, 5) is 12.4. The van der Waals surface area contributed by atoms with Crippen LogP contribution in [0.3, 0.4) is 0 Å². The van der Waals surface area contributed by atoms with Crippen molar-refractivity contribution in [3.63, 3.8) is 0 Å². The second-order valence-electron chi connectivity index (χ2n) is 5.59. The summed E-state index contributed by atoms with van der Waals surface area (Å²) in [5.41, 5.74) is 2.32. The third-order valence-corrected chi connectivity index (χ3v) is 4.23. The highest BCUT2D eigenvalue weighted by Gasteiger charge is 2.19. The lowest BCUT2D eigenvalue weighted by Gasteiger charge is -2.21. The van der Waals surface area contributed by atoms with Crippen LogP contribution in [0.15, 0.2) is 53.0 Å². The van der Waals surface area contributed by atoms with Crippen molar-refractivity contribution in [3.05, 3.63) is 64.1 Å². The van der Waals surface area contributed by atoms with Gasteiger partial charge in [-0.05, 0) is 50.1 Å². The second-order valence-corrected chi connectivity index (χ2v) is 6.51. The number of benzene rings is 2. The van der Waals surface area contributed by atoms with Crippen LogP contribution in [0.2, 0.25) is 0 Å². The fourth-order valence-corrected chi connectivity index (χ4v) is 2.54. The summed E-state index contributed by atoms with van der Waals surface area (Å²) in [6.07, 6.45) is 0.287. The largest absolute Gasteiger partial charge is 0.481 e. The first-order valence-corrected chi connectivity index (χ1v) is 8.58. The van der Waals surface area contributed by atoms with Crippen LogP contribution in [0.25, 0.3) is 0 Å². The minimum atomic E-state index is -0.546. The highest BCUT2D eigenvalue weighted by Crippen LogP contribution is 2.19. The van der Waals surface area contributed by atoms with Crippen LogP contribution in [0.4, 0.5) is 0 Å². The molecular weight excluding hydrogens is 354 g/mol. The van der Waals surface area contributed by atoms with Gasteiger partial charge in [0.15, 0.2) is 6.10 Å². The molecule has 0 spiro atoms. The van der Waals surface area contributed by atoms with E-state index in [0.717, 1.165) is 16.5 Å². The molecule has 1 amide bonds. The molecule has 0 fully saturated rings. The van der Waals surface area contributed by atoms with Crippen LogP contribution in [-0.2, 0) is 4.79 Å². The van der Waals surface area contributed by atoms with E-state index < -0.39 is 6.10 Å². The van der Waals surface area contributed by atoms with Crippen LogP contribution >= 0.6 is 15.9 Å². The summed E-state index contributed by atoms with van der Waals surface area (Å²) in [5.74, 6) is 0.569. The molecule has 0 bridgehead atoms. The number of nitrogens with one attached hydrogen (secondary N) is 1. The van der Waals surface area contributed by atoms with E-state index in [1.165, 1.54) is 5.56 Å². The Balaban J connectivity index is 1.98. The van der Waals surface area contributed by atoms with Crippen molar-refractivity contribution in [2.45, 2.75) is 39.3 Å². The Morgan fingerprint density at radius 3 is 2.30 bits per heavy atom. The Morgan fingerprint density at radius 2 is 1.74 bits per heavy atom. The van der Waals surface area contributed by atoms with Crippen molar-refractivity contribution < 1.29 is 9.53 Å². The van der Waals surface area contributed by atoms with Gasteiger partial charge in [0.1, 0.15) is 5.75 Å². The number of hydrogen-bond acceptors (Lipinski definition) is 2. The van der Waals surface area contributed by atoms with E-state index in [1.54, 1.807) is 6.92 Å². The Kier molecular flexibility index (Phi) is 6.22. The summed E-state index contributed by atoms with van der Waals surface area (Å²) in [6.45, 7) is 5.88. The Labute approximate surface area is 146 Å². The number of carbonyl (C=O) groups is 1. The number of hydrogen-bond donors (Lipinski definition) is 1. The molecule has 2 unspecified atom stereocenters. The molecule has 4 heteroatoms. The minimum absolute atomic E-state index is 0.000863. The lowest BCUT2D eigenvalue weighted by Crippen LogP contribution is -2.38. The van der Waals surface area contributed by atoms with Crippen molar-refractivity contribution in [3.8, 4) is 5.75 Å². The Morgan fingerprint density at radius 1 is 1.13 bits per heavy atom. The van der Waals surface area contributed by atoms with Crippen LogP contribution in [-0.4, -0.2) is 12.0 Å². The monoisotopic (exact) mass is 375 g/mol. The van der Waals surface area contributed by atoms with Gasteiger partial charge < -0.3 is 10.1 Å². The van der Waals surface area contributed by atoms with Gasteiger partial charge in [-0.1, -0.05) is 52.7 Å². The number of carbonyl (C=O) groups excluding carboxylic acids is 1. The molecule has 23 heavy (non-hydrogen) atoms. The van der Waals surface area contributed by atoms with Crippen molar-refractivity contribution in [1.29, 1.82) is 0 Å². The van der Waals surface area contributed by atoms with Crippen LogP contribution in [0.1, 0.15) is 37.4 Å². The van der Waals surface area contributed by atoms with Crippen molar-refractivity contribution in [2.24, 2.45) is 0 Å². The summed E-state index contributed by atoms with van der Waals surface area (Å²) in [5, 5.41) is 3.06. The highest BCUT2D eigenvalue weighted by atomic mass is 79.9. The van der Waals surface area contributed by atoms with Gasteiger partial charge >= 0.3 is 0 Å². The molecule has 0 saturated heterocycles. The average molecular weight is 376 g/mol. The van der Waals surface area contributed by atoms with Gasteiger partial charge in [-0.15, -0.1) is 0 Å². The zero-order chi connectivity index (χ0) is 16.8. The molecule has 0 aliphatic rings.